The van der Waals surface area contributed by atoms with Crippen LogP contribution in [0.15, 0.2) is 12.1 Å². The minimum atomic E-state index is -4.57. The van der Waals surface area contributed by atoms with Gasteiger partial charge in [-0.15, -0.1) is 0 Å². The fourth-order valence-corrected chi connectivity index (χ4v) is 3.60. The maximum absolute atomic E-state index is 13.6. The molecule has 4 nitrogen and oxygen atoms in total. The Balaban J connectivity index is 2.28. The van der Waals surface area contributed by atoms with E-state index in [4.69, 9.17) is 16.3 Å². The highest BCUT2D eigenvalue weighted by Gasteiger charge is 2.43. The molecule has 1 N–H and O–H groups in total. The SMILES string of the molecule is C[Si](C)(C)CCOC(c1cc2[nH]c(CCCC=O)nc2cc1Cl)C(F)(F)F. The lowest BCUT2D eigenvalue weighted by Gasteiger charge is -2.24. The summed E-state index contributed by atoms with van der Waals surface area (Å²) >= 11 is 6.14. The van der Waals surface area contributed by atoms with Crippen molar-refractivity contribution in [2.24, 2.45) is 0 Å². The van der Waals surface area contributed by atoms with E-state index in [1.165, 1.54) is 12.1 Å². The van der Waals surface area contributed by atoms with Crippen molar-refractivity contribution in [3.63, 3.8) is 0 Å². The second-order valence-electron chi connectivity index (χ2n) is 7.74. The summed E-state index contributed by atoms with van der Waals surface area (Å²) in [6, 6.07) is 3.41. The van der Waals surface area contributed by atoms with Gasteiger partial charge in [-0.3, -0.25) is 0 Å². The van der Waals surface area contributed by atoms with Crippen molar-refractivity contribution in [2.75, 3.05) is 6.61 Å². The predicted molar refractivity (Wildman–Crippen MR) is 103 cm³/mol. The van der Waals surface area contributed by atoms with Crippen molar-refractivity contribution in [3.8, 4) is 0 Å². The molecule has 1 aromatic heterocycles. The van der Waals surface area contributed by atoms with Crippen molar-refractivity contribution in [1.82, 2.24) is 9.97 Å². The molecule has 0 bridgehead atoms. The van der Waals surface area contributed by atoms with Gasteiger partial charge in [0.1, 0.15) is 12.1 Å². The summed E-state index contributed by atoms with van der Waals surface area (Å²) in [6.45, 7) is 6.27. The van der Waals surface area contributed by atoms with Gasteiger partial charge in [0.05, 0.1) is 11.0 Å². The monoisotopic (exact) mass is 420 g/mol. The summed E-state index contributed by atoms with van der Waals surface area (Å²) in [5, 5.41) is -0.0243. The van der Waals surface area contributed by atoms with E-state index < -0.39 is 20.4 Å². The van der Waals surface area contributed by atoms with Crippen molar-refractivity contribution in [2.45, 2.75) is 57.2 Å². The molecule has 0 saturated heterocycles. The van der Waals surface area contributed by atoms with E-state index in [9.17, 15) is 18.0 Å². The van der Waals surface area contributed by atoms with Crippen LogP contribution in [0.5, 0.6) is 0 Å². The van der Waals surface area contributed by atoms with Crippen molar-refractivity contribution in [1.29, 1.82) is 0 Å². The molecule has 0 aliphatic rings. The van der Waals surface area contributed by atoms with Crippen LogP contribution in [0.1, 0.15) is 30.3 Å². The summed E-state index contributed by atoms with van der Waals surface area (Å²) in [6.07, 6.45) is -4.26. The number of ether oxygens (including phenoxy) is 1. The standard InChI is InChI=1S/C18H24ClF3N2O2Si/c1-27(2,3)9-8-26-17(18(20,21)22)12-10-14-15(11-13(12)19)24-16(23-14)6-4-5-7-25/h7,10-11,17H,4-6,8-9H2,1-3H3,(H,23,24). The Labute approximate surface area is 162 Å². The first kappa shape index (κ1) is 21.9. The van der Waals surface area contributed by atoms with Gasteiger partial charge in [0.2, 0.25) is 0 Å². The summed E-state index contributed by atoms with van der Waals surface area (Å²) in [5.74, 6) is 0.614. The zero-order valence-corrected chi connectivity index (χ0v) is 17.4. The van der Waals surface area contributed by atoms with Gasteiger partial charge in [-0.2, -0.15) is 13.2 Å². The van der Waals surface area contributed by atoms with Crippen LogP contribution in [-0.4, -0.2) is 37.1 Å². The van der Waals surface area contributed by atoms with Crippen molar-refractivity contribution < 1.29 is 22.7 Å². The third-order valence-corrected chi connectivity index (χ3v) is 6.13. The highest BCUT2D eigenvalue weighted by Crippen LogP contribution is 2.40. The molecule has 1 heterocycles. The molecule has 2 aromatic rings. The molecule has 1 unspecified atom stereocenters. The topological polar surface area (TPSA) is 55.0 Å². The van der Waals surface area contributed by atoms with Gasteiger partial charge < -0.3 is 14.5 Å². The zero-order valence-electron chi connectivity index (χ0n) is 15.6. The molecule has 1 atom stereocenters. The number of benzene rings is 1. The fraction of sp³-hybridized carbons (Fsp3) is 0.556. The molecule has 1 aromatic carbocycles. The van der Waals surface area contributed by atoms with Crippen LogP contribution in [0.25, 0.3) is 11.0 Å². The van der Waals surface area contributed by atoms with Crippen LogP contribution in [-0.2, 0) is 16.0 Å². The number of H-pyrrole nitrogens is 1. The highest BCUT2D eigenvalue weighted by atomic mass is 35.5. The third-order valence-electron chi connectivity index (χ3n) is 4.10. The predicted octanol–water partition coefficient (Wildman–Crippen LogP) is 5.70. The van der Waals surface area contributed by atoms with Crippen molar-refractivity contribution >= 4 is 37.0 Å². The maximum Gasteiger partial charge on any atom is 0.418 e. The number of alkyl halides is 3. The number of imidazole rings is 1. The Morgan fingerprint density at radius 3 is 2.63 bits per heavy atom. The molecule has 0 amide bonds. The van der Waals surface area contributed by atoms with Crippen LogP contribution in [0.2, 0.25) is 30.7 Å². The zero-order chi connectivity index (χ0) is 20.2. The largest absolute Gasteiger partial charge is 0.418 e. The number of hydrogen-bond acceptors (Lipinski definition) is 3. The van der Waals surface area contributed by atoms with E-state index in [0.717, 1.165) is 6.29 Å². The smallest absolute Gasteiger partial charge is 0.364 e. The first-order valence-electron chi connectivity index (χ1n) is 8.81. The van der Waals surface area contributed by atoms with Gasteiger partial charge in [-0.05, 0) is 24.6 Å². The Morgan fingerprint density at radius 2 is 2.04 bits per heavy atom. The van der Waals surface area contributed by atoms with E-state index in [0.29, 0.717) is 42.2 Å². The average Bonchev–Trinajstić information content (AvgIpc) is 2.90. The summed E-state index contributed by atoms with van der Waals surface area (Å²) < 4.78 is 46.0. The number of rotatable bonds is 9. The van der Waals surface area contributed by atoms with Gasteiger partial charge in [-0.1, -0.05) is 31.2 Å². The van der Waals surface area contributed by atoms with E-state index in [-0.39, 0.29) is 17.2 Å². The van der Waals surface area contributed by atoms with Gasteiger partial charge in [0, 0.05) is 38.1 Å². The Bertz CT molecular complexity index is 787. The van der Waals surface area contributed by atoms with E-state index >= 15 is 0 Å². The second-order valence-corrected chi connectivity index (χ2v) is 13.8. The number of aryl methyl sites for hydroxylation is 1. The number of nitrogens with zero attached hydrogens (tertiary/aromatic N) is 1. The number of fused-ring (bicyclic) bond motifs is 1. The third kappa shape index (κ3) is 6.33. The first-order valence-corrected chi connectivity index (χ1v) is 12.9. The molecule has 2 rings (SSSR count). The average molecular weight is 421 g/mol. The second kappa shape index (κ2) is 8.75. The van der Waals surface area contributed by atoms with Crippen LogP contribution in [0.4, 0.5) is 13.2 Å². The Hall–Kier alpha value is -1.38. The highest BCUT2D eigenvalue weighted by molar-refractivity contribution is 6.76. The molecule has 0 radical (unpaired) electrons. The molecule has 0 spiro atoms. The number of aromatic nitrogens is 2. The van der Waals surface area contributed by atoms with Crippen LogP contribution in [0.3, 0.4) is 0 Å². The van der Waals surface area contributed by atoms with Crippen LogP contribution in [0, 0.1) is 0 Å². The summed E-state index contributed by atoms with van der Waals surface area (Å²) in [7, 11) is -1.52. The normalized spacial score (nSPS) is 13.9. The number of nitrogens with one attached hydrogen (secondary N) is 1. The number of carbonyl (C=O) groups excluding carboxylic acids is 1. The van der Waals surface area contributed by atoms with Crippen molar-refractivity contribution in [3.05, 3.63) is 28.5 Å². The molecule has 0 fully saturated rings. The quantitative estimate of drug-likeness (QED) is 0.322. The lowest BCUT2D eigenvalue weighted by Crippen LogP contribution is -2.27. The van der Waals surface area contributed by atoms with Gasteiger partial charge in [-0.25, -0.2) is 4.98 Å². The van der Waals surface area contributed by atoms with Crippen LogP contribution >= 0.6 is 11.6 Å². The molecule has 9 heteroatoms. The van der Waals surface area contributed by atoms with Gasteiger partial charge in [0.15, 0.2) is 6.10 Å². The van der Waals surface area contributed by atoms with E-state index in [1.54, 1.807) is 0 Å². The molecular formula is C18H24ClF3N2O2Si. The van der Waals surface area contributed by atoms with E-state index in [1.807, 2.05) is 0 Å². The number of halogens is 4. The lowest BCUT2D eigenvalue weighted by atomic mass is 10.1. The lowest BCUT2D eigenvalue weighted by molar-refractivity contribution is -0.222. The molecular weight excluding hydrogens is 397 g/mol. The molecule has 150 valence electrons. The Kier molecular flexibility index (Phi) is 7.10. The fourth-order valence-electron chi connectivity index (χ4n) is 2.62. The van der Waals surface area contributed by atoms with Gasteiger partial charge in [0.25, 0.3) is 0 Å². The number of aldehydes is 1. The molecule has 27 heavy (non-hydrogen) atoms. The number of aromatic amines is 1. The maximum atomic E-state index is 13.6. The molecule has 0 aliphatic heterocycles. The minimum absolute atomic E-state index is 0.0243. The number of carbonyl (C=O) groups is 1. The summed E-state index contributed by atoms with van der Waals surface area (Å²) in [5.41, 5.74) is 0.849. The van der Waals surface area contributed by atoms with E-state index in [2.05, 4.69) is 29.6 Å². The number of hydrogen-bond donors (Lipinski definition) is 1. The number of unbranched alkanes of at least 4 members (excludes halogenated alkanes) is 1. The summed E-state index contributed by atoms with van der Waals surface area (Å²) in [4.78, 5) is 17.7. The van der Waals surface area contributed by atoms with Gasteiger partial charge >= 0.3 is 6.18 Å². The first-order chi connectivity index (χ1) is 12.5. The molecule has 0 saturated carbocycles. The molecule has 0 aliphatic carbocycles. The minimum Gasteiger partial charge on any atom is -0.364 e. The van der Waals surface area contributed by atoms with Crippen LogP contribution < -0.4 is 0 Å². The Morgan fingerprint density at radius 1 is 1.33 bits per heavy atom.